The van der Waals surface area contributed by atoms with Gasteiger partial charge in [-0.2, -0.15) is 24.7 Å². The minimum Gasteiger partial charge on any atom is -0.357 e. The van der Waals surface area contributed by atoms with Gasteiger partial charge in [0.15, 0.2) is 0 Å². The lowest BCUT2D eigenvalue weighted by atomic mass is 10.0. The Kier molecular flexibility index (Phi) is 3.94. The van der Waals surface area contributed by atoms with E-state index in [1.807, 2.05) is 0 Å². The van der Waals surface area contributed by atoms with Crippen molar-refractivity contribution in [2.45, 2.75) is 38.6 Å². The molecule has 8 nitrogen and oxygen atoms in total. The van der Waals surface area contributed by atoms with E-state index in [9.17, 15) is 0 Å². The molecule has 2 aromatic heterocycles. The Hall–Kier alpha value is -2.25. The van der Waals surface area contributed by atoms with Gasteiger partial charge in [0.2, 0.25) is 11.9 Å². The molecule has 3 heterocycles. The average molecular weight is 288 g/mol. The second-order valence-corrected chi connectivity index (χ2v) is 5.10. The van der Waals surface area contributed by atoms with Crippen LogP contribution < -0.4 is 10.2 Å². The van der Waals surface area contributed by atoms with E-state index in [1.165, 1.54) is 25.6 Å². The summed E-state index contributed by atoms with van der Waals surface area (Å²) in [5.41, 5.74) is 0. The third-order valence-corrected chi connectivity index (χ3v) is 3.81. The third kappa shape index (κ3) is 2.79. The maximum Gasteiger partial charge on any atom is 0.258 e. The average Bonchev–Trinajstić information content (AvgIpc) is 3.09. The molecule has 0 bridgehead atoms. The van der Waals surface area contributed by atoms with Crippen molar-refractivity contribution in [1.82, 2.24) is 29.7 Å². The summed E-state index contributed by atoms with van der Waals surface area (Å²) in [6.45, 7) is 3.20. The normalized spacial score (nSPS) is 18.8. The summed E-state index contributed by atoms with van der Waals surface area (Å²) >= 11 is 0. The summed E-state index contributed by atoms with van der Waals surface area (Å²) in [7, 11) is 1.80. The fourth-order valence-electron chi connectivity index (χ4n) is 2.70. The van der Waals surface area contributed by atoms with Crippen LogP contribution in [0.5, 0.6) is 0 Å². The van der Waals surface area contributed by atoms with Crippen molar-refractivity contribution >= 4 is 11.9 Å². The molecule has 0 spiro atoms. The Labute approximate surface area is 123 Å². The maximum absolute atomic E-state index is 4.57. The number of anilines is 2. The SMILES string of the molecule is CCC1CCCCN1c1nc(NC)nc(-n2cncn2)n1. The smallest absolute Gasteiger partial charge is 0.258 e. The minimum absolute atomic E-state index is 0.488. The highest BCUT2D eigenvalue weighted by atomic mass is 15.4. The first-order valence-electron chi connectivity index (χ1n) is 7.37. The summed E-state index contributed by atoms with van der Waals surface area (Å²) in [5, 5.41) is 7.09. The molecule has 0 saturated carbocycles. The molecule has 1 aliphatic heterocycles. The van der Waals surface area contributed by atoms with E-state index in [0.29, 0.717) is 23.9 Å². The molecular formula is C13H20N8. The molecule has 0 aromatic carbocycles. The molecule has 1 saturated heterocycles. The van der Waals surface area contributed by atoms with E-state index in [-0.39, 0.29) is 0 Å². The van der Waals surface area contributed by atoms with Crippen LogP contribution in [0.4, 0.5) is 11.9 Å². The highest BCUT2D eigenvalue weighted by Crippen LogP contribution is 2.24. The van der Waals surface area contributed by atoms with Crippen LogP contribution in [0, 0.1) is 0 Å². The molecule has 3 rings (SSSR count). The predicted octanol–water partition coefficient (Wildman–Crippen LogP) is 1.26. The predicted molar refractivity (Wildman–Crippen MR) is 79.6 cm³/mol. The number of rotatable bonds is 4. The van der Waals surface area contributed by atoms with Crippen molar-refractivity contribution in [1.29, 1.82) is 0 Å². The maximum atomic E-state index is 4.57. The first-order chi connectivity index (χ1) is 10.3. The van der Waals surface area contributed by atoms with Crippen LogP contribution in [0.3, 0.4) is 0 Å². The van der Waals surface area contributed by atoms with Gasteiger partial charge in [-0.05, 0) is 25.7 Å². The standard InChI is InChI=1S/C13H20N8/c1-3-10-6-4-5-7-20(10)12-17-11(14-2)18-13(19-12)21-9-15-8-16-21/h8-10H,3-7H2,1-2H3,(H,14,17,18,19). The summed E-state index contributed by atoms with van der Waals surface area (Å²) in [4.78, 5) is 19.7. The molecule has 1 unspecified atom stereocenters. The van der Waals surface area contributed by atoms with Crippen molar-refractivity contribution in [3.05, 3.63) is 12.7 Å². The Morgan fingerprint density at radius 3 is 2.81 bits per heavy atom. The van der Waals surface area contributed by atoms with E-state index in [1.54, 1.807) is 18.1 Å². The number of piperidine rings is 1. The van der Waals surface area contributed by atoms with Gasteiger partial charge in [0.1, 0.15) is 12.7 Å². The van der Waals surface area contributed by atoms with Gasteiger partial charge < -0.3 is 10.2 Å². The van der Waals surface area contributed by atoms with Crippen LogP contribution in [0.15, 0.2) is 12.7 Å². The van der Waals surface area contributed by atoms with E-state index < -0.39 is 0 Å². The molecule has 21 heavy (non-hydrogen) atoms. The van der Waals surface area contributed by atoms with Gasteiger partial charge in [-0.3, -0.25) is 0 Å². The second kappa shape index (κ2) is 6.02. The highest BCUT2D eigenvalue weighted by molar-refractivity contribution is 5.40. The lowest BCUT2D eigenvalue weighted by Gasteiger charge is -2.35. The molecule has 0 radical (unpaired) electrons. The van der Waals surface area contributed by atoms with Gasteiger partial charge in [0, 0.05) is 19.6 Å². The number of aromatic nitrogens is 6. The molecule has 112 valence electrons. The number of nitrogens with zero attached hydrogens (tertiary/aromatic N) is 7. The molecule has 2 aromatic rings. The van der Waals surface area contributed by atoms with Crippen molar-refractivity contribution < 1.29 is 0 Å². The molecule has 0 aliphatic carbocycles. The molecule has 1 N–H and O–H groups in total. The highest BCUT2D eigenvalue weighted by Gasteiger charge is 2.24. The van der Waals surface area contributed by atoms with Gasteiger partial charge in [-0.1, -0.05) is 6.92 Å². The molecule has 1 fully saturated rings. The minimum atomic E-state index is 0.488. The lowest BCUT2D eigenvalue weighted by Crippen LogP contribution is -2.40. The molecule has 1 aliphatic rings. The topological polar surface area (TPSA) is 84.7 Å². The van der Waals surface area contributed by atoms with E-state index in [4.69, 9.17) is 0 Å². The van der Waals surface area contributed by atoms with E-state index in [0.717, 1.165) is 13.0 Å². The Bertz CT molecular complexity index is 582. The largest absolute Gasteiger partial charge is 0.357 e. The fraction of sp³-hybridized carbons (Fsp3) is 0.615. The Morgan fingerprint density at radius 1 is 1.24 bits per heavy atom. The van der Waals surface area contributed by atoms with Crippen LogP contribution in [0.1, 0.15) is 32.6 Å². The first-order valence-corrected chi connectivity index (χ1v) is 7.37. The summed E-state index contributed by atoms with van der Waals surface area (Å²) < 4.78 is 1.55. The number of hydrogen-bond acceptors (Lipinski definition) is 7. The molecule has 0 amide bonds. The van der Waals surface area contributed by atoms with Gasteiger partial charge in [0.05, 0.1) is 0 Å². The van der Waals surface area contributed by atoms with Gasteiger partial charge in [-0.25, -0.2) is 4.98 Å². The molecular weight excluding hydrogens is 268 g/mol. The summed E-state index contributed by atoms with van der Waals surface area (Å²) in [6.07, 6.45) is 7.80. The van der Waals surface area contributed by atoms with Crippen LogP contribution in [0.2, 0.25) is 0 Å². The zero-order valence-corrected chi connectivity index (χ0v) is 12.4. The van der Waals surface area contributed by atoms with Gasteiger partial charge in [-0.15, -0.1) is 0 Å². The first kappa shape index (κ1) is 13.7. The van der Waals surface area contributed by atoms with Crippen molar-refractivity contribution in [3.63, 3.8) is 0 Å². The van der Waals surface area contributed by atoms with E-state index >= 15 is 0 Å². The Morgan fingerprint density at radius 2 is 2.10 bits per heavy atom. The second-order valence-electron chi connectivity index (χ2n) is 5.10. The van der Waals surface area contributed by atoms with Crippen molar-refractivity contribution in [2.75, 3.05) is 23.8 Å². The summed E-state index contributed by atoms with van der Waals surface area (Å²) in [5.74, 6) is 1.75. The van der Waals surface area contributed by atoms with Crippen LogP contribution >= 0.6 is 0 Å². The molecule has 1 atom stereocenters. The van der Waals surface area contributed by atoms with Crippen molar-refractivity contribution in [2.24, 2.45) is 0 Å². The van der Waals surface area contributed by atoms with Crippen LogP contribution in [-0.4, -0.2) is 49.4 Å². The van der Waals surface area contributed by atoms with Gasteiger partial charge >= 0.3 is 0 Å². The zero-order chi connectivity index (χ0) is 14.7. The monoisotopic (exact) mass is 288 g/mol. The van der Waals surface area contributed by atoms with Crippen LogP contribution in [0.25, 0.3) is 5.95 Å². The fourth-order valence-corrected chi connectivity index (χ4v) is 2.70. The van der Waals surface area contributed by atoms with Crippen molar-refractivity contribution in [3.8, 4) is 5.95 Å². The third-order valence-electron chi connectivity index (χ3n) is 3.81. The lowest BCUT2D eigenvalue weighted by molar-refractivity contribution is 0.442. The van der Waals surface area contributed by atoms with Gasteiger partial charge in [0.25, 0.3) is 5.95 Å². The zero-order valence-electron chi connectivity index (χ0n) is 12.4. The van der Waals surface area contributed by atoms with Crippen LogP contribution in [-0.2, 0) is 0 Å². The summed E-state index contributed by atoms with van der Waals surface area (Å²) in [6, 6.07) is 0.495. The Balaban J connectivity index is 1.99. The molecule has 8 heteroatoms. The quantitative estimate of drug-likeness (QED) is 0.906. The number of hydrogen-bond donors (Lipinski definition) is 1. The number of nitrogens with one attached hydrogen (secondary N) is 1. The van der Waals surface area contributed by atoms with E-state index in [2.05, 4.69) is 42.2 Å².